The third-order valence-electron chi connectivity index (χ3n) is 4.87. The van der Waals surface area contributed by atoms with Gasteiger partial charge in [0.2, 0.25) is 0 Å². The van der Waals surface area contributed by atoms with Crippen molar-refractivity contribution in [2.24, 2.45) is 5.92 Å². The molecule has 0 aromatic heterocycles. The number of methoxy groups -OCH3 is 1. The molecule has 0 atom stereocenters. The van der Waals surface area contributed by atoms with E-state index in [1.165, 1.54) is 31.3 Å². The first kappa shape index (κ1) is 20.9. The second kappa shape index (κ2) is 9.60. The van der Waals surface area contributed by atoms with Gasteiger partial charge in [0.05, 0.1) is 16.5 Å². The number of amides is 2. The van der Waals surface area contributed by atoms with Crippen molar-refractivity contribution < 1.29 is 23.9 Å². The quantitative estimate of drug-likeness (QED) is 0.448. The molecule has 28 heavy (non-hydrogen) atoms. The minimum Gasteiger partial charge on any atom is -0.481 e. The molecular formula is C20H22BrNO5S. The Hall–Kier alpha value is -1.80. The molecule has 1 saturated carbocycles. The number of halogens is 1. The third kappa shape index (κ3) is 5.17. The molecule has 1 saturated heterocycles. The fraction of sp³-hybridized carbons (Fsp3) is 0.450. The number of benzene rings is 1. The predicted octanol–water partition coefficient (Wildman–Crippen LogP) is 4.62. The van der Waals surface area contributed by atoms with Gasteiger partial charge in [0.1, 0.15) is 5.75 Å². The molecule has 2 aliphatic rings. The normalized spacial score (nSPS) is 19.4. The standard InChI is InChI=1S/C20H22BrNO5S/c1-26-18(23)12-27-16-8-7-14(9-15(16)21)10-17-19(24)22(20(25)28-17)11-13-5-3-2-4-6-13/h7-10,13H,2-6,11-12H2,1H3/b17-10+. The summed E-state index contributed by atoms with van der Waals surface area (Å²) in [5.74, 6) is 0.222. The van der Waals surface area contributed by atoms with Crippen molar-refractivity contribution in [3.63, 3.8) is 0 Å². The minimum atomic E-state index is -0.470. The van der Waals surface area contributed by atoms with Gasteiger partial charge in [-0.05, 0) is 70.2 Å². The van der Waals surface area contributed by atoms with Gasteiger partial charge in [-0.3, -0.25) is 14.5 Å². The van der Waals surface area contributed by atoms with E-state index in [4.69, 9.17) is 4.74 Å². The highest BCUT2D eigenvalue weighted by atomic mass is 79.9. The van der Waals surface area contributed by atoms with Gasteiger partial charge in [0.15, 0.2) is 6.61 Å². The van der Waals surface area contributed by atoms with E-state index in [0.717, 1.165) is 30.2 Å². The van der Waals surface area contributed by atoms with Crippen molar-refractivity contribution in [2.75, 3.05) is 20.3 Å². The third-order valence-corrected chi connectivity index (χ3v) is 6.39. The topological polar surface area (TPSA) is 72.9 Å². The fourth-order valence-electron chi connectivity index (χ4n) is 3.36. The van der Waals surface area contributed by atoms with Crippen LogP contribution in [0, 0.1) is 5.92 Å². The number of carbonyl (C=O) groups is 3. The number of esters is 1. The molecule has 3 rings (SSSR count). The zero-order chi connectivity index (χ0) is 20.1. The molecule has 8 heteroatoms. The van der Waals surface area contributed by atoms with Crippen molar-refractivity contribution >= 4 is 50.9 Å². The molecular weight excluding hydrogens is 446 g/mol. The Balaban J connectivity index is 1.67. The molecule has 2 fully saturated rings. The molecule has 1 aromatic rings. The van der Waals surface area contributed by atoms with E-state index in [2.05, 4.69) is 20.7 Å². The summed E-state index contributed by atoms with van der Waals surface area (Å²) in [4.78, 5) is 38.0. The second-order valence-electron chi connectivity index (χ2n) is 6.85. The van der Waals surface area contributed by atoms with E-state index in [1.807, 2.05) is 0 Å². The van der Waals surface area contributed by atoms with Crippen LogP contribution in [-0.4, -0.2) is 42.3 Å². The van der Waals surface area contributed by atoms with Crippen molar-refractivity contribution in [1.29, 1.82) is 0 Å². The number of ether oxygens (including phenoxy) is 2. The zero-order valence-corrected chi connectivity index (χ0v) is 18.0. The van der Waals surface area contributed by atoms with Gasteiger partial charge in [-0.2, -0.15) is 0 Å². The number of hydrogen-bond donors (Lipinski definition) is 0. The lowest BCUT2D eigenvalue weighted by Crippen LogP contribution is -2.34. The van der Waals surface area contributed by atoms with Crippen molar-refractivity contribution in [2.45, 2.75) is 32.1 Å². The van der Waals surface area contributed by atoms with Crippen molar-refractivity contribution in [3.05, 3.63) is 33.1 Å². The van der Waals surface area contributed by atoms with Crippen LogP contribution in [0.25, 0.3) is 6.08 Å². The Labute approximate surface area is 176 Å². The van der Waals surface area contributed by atoms with Crippen LogP contribution in [0.15, 0.2) is 27.6 Å². The zero-order valence-electron chi connectivity index (χ0n) is 15.6. The molecule has 1 heterocycles. The molecule has 1 aromatic carbocycles. The number of nitrogens with zero attached hydrogens (tertiary/aromatic N) is 1. The predicted molar refractivity (Wildman–Crippen MR) is 111 cm³/mol. The van der Waals surface area contributed by atoms with Gasteiger partial charge in [-0.1, -0.05) is 25.3 Å². The summed E-state index contributed by atoms with van der Waals surface area (Å²) < 4.78 is 10.6. The fourth-order valence-corrected chi connectivity index (χ4v) is 4.72. The monoisotopic (exact) mass is 467 g/mol. The van der Waals surface area contributed by atoms with Crippen LogP contribution in [0.2, 0.25) is 0 Å². The van der Waals surface area contributed by atoms with E-state index in [9.17, 15) is 14.4 Å². The first-order valence-corrected chi connectivity index (χ1v) is 10.8. The summed E-state index contributed by atoms with van der Waals surface area (Å²) in [6, 6.07) is 5.25. The summed E-state index contributed by atoms with van der Waals surface area (Å²) in [6.45, 7) is 0.334. The number of rotatable bonds is 6. The van der Waals surface area contributed by atoms with E-state index < -0.39 is 5.97 Å². The lowest BCUT2D eigenvalue weighted by Gasteiger charge is -2.25. The van der Waals surface area contributed by atoms with Crippen LogP contribution in [-0.2, 0) is 14.3 Å². The van der Waals surface area contributed by atoms with Crippen LogP contribution >= 0.6 is 27.7 Å². The smallest absolute Gasteiger partial charge is 0.343 e. The summed E-state index contributed by atoms with van der Waals surface area (Å²) in [5, 5.41) is -0.195. The van der Waals surface area contributed by atoms with Crippen molar-refractivity contribution in [1.82, 2.24) is 4.90 Å². The molecule has 0 spiro atoms. The highest BCUT2D eigenvalue weighted by molar-refractivity contribution is 9.10. The maximum Gasteiger partial charge on any atom is 0.343 e. The van der Waals surface area contributed by atoms with E-state index in [0.29, 0.717) is 27.6 Å². The Morgan fingerprint density at radius 1 is 1.29 bits per heavy atom. The van der Waals surface area contributed by atoms with Crippen molar-refractivity contribution in [3.8, 4) is 5.75 Å². The van der Waals surface area contributed by atoms with E-state index in [1.54, 1.807) is 24.3 Å². The van der Waals surface area contributed by atoms with Gasteiger partial charge in [0.25, 0.3) is 11.1 Å². The molecule has 6 nitrogen and oxygen atoms in total. The summed E-state index contributed by atoms with van der Waals surface area (Å²) in [5.41, 5.74) is 0.764. The molecule has 0 bridgehead atoms. The van der Waals surface area contributed by atoms with Gasteiger partial charge >= 0.3 is 5.97 Å². The Morgan fingerprint density at radius 2 is 2.04 bits per heavy atom. The van der Waals surface area contributed by atoms with Crippen LogP contribution in [0.4, 0.5) is 4.79 Å². The highest BCUT2D eigenvalue weighted by Gasteiger charge is 2.36. The first-order chi connectivity index (χ1) is 13.5. The van der Waals surface area contributed by atoms with E-state index >= 15 is 0 Å². The minimum absolute atomic E-state index is 0.186. The number of carbonyl (C=O) groups excluding carboxylic acids is 3. The average Bonchev–Trinajstić information content (AvgIpc) is 2.95. The second-order valence-corrected chi connectivity index (χ2v) is 8.70. The van der Waals surface area contributed by atoms with Gasteiger partial charge in [-0.15, -0.1) is 0 Å². The van der Waals surface area contributed by atoms with Gasteiger partial charge in [-0.25, -0.2) is 4.79 Å². The van der Waals surface area contributed by atoms with Gasteiger partial charge in [0, 0.05) is 6.54 Å². The molecule has 1 aliphatic carbocycles. The molecule has 150 valence electrons. The maximum atomic E-state index is 12.7. The maximum absolute atomic E-state index is 12.7. The molecule has 0 unspecified atom stereocenters. The lowest BCUT2D eigenvalue weighted by molar-refractivity contribution is -0.142. The SMILES string of the molecule is COC(=O)COc1ccc(/C=C2/SC(=O)N(CC3CCCCC3)C2=O)cc1Br. The molecule has 0 radical (unpaired) electrons. The Morgan fingerprint density at radius 3 is 2.71 bits per heavy atom. The summed E-state index contributed by atoms with van der Waals surface area (Å²) >= 11 is 4.38. The van der Waals surface area contributed by atoms with Crippen LogP contribution in [0.1, 0.15) is 37.7 Å². The number of thioether (sulfide) groups is 1. The van der Waals surface area contributed by atoms with Crippen LogP contribution in [0.3, 0.4) is 0 Å². The molecule has 2 amide bonds. The first-order valence-electron chi connectivity index (χ1n) is 9.22. The number of imide groups is 1. The average molecular weight is 468 g/mol. The van der Waals surface area contributed by atoms with Crippen LogP contribution < -0.4 is 4.74 Å². The molecule has 1 aliphatic heterocycles. The summed E-state index contributed by atoms with van der Waals surface area (Å²) in [6.07, 6.45) is 7.47. The van der Waals surface area contributed by atoms with Crippen LogP contribution in [0.5, 0.6) is 5.75 Å². The number of hydrogen-bond acceptors (Lipinski definition) is 6. The lowest BCUT2D eigenvalue weighted by atomic mass is 9.89. The van der Waals surface area contributed by atoms with E-state index in [-0.39, 0.29) is 17.8 Å². The largest absolute Gasteiger partial charge is 0.481 e. The van der Waals surface area contributed by atoms with Gasteiger partial charge < -0.3 is 9.47 Å². The Bertz CT molecular complexity index is 804. The Kier molecular flexibility index (Phi) is 7.18. The molecule has 0 N–H and O–H groups in total. The highest BCUT2D eigenvalue weighted by Crippen LogP contribution is 2.35. The summed E-state index contributed by atoms with van der Waals surface area (Å²) in [7, 11) is 1.30.